The fourth-order valence-electron chi connectivity index (χ4n) is 3.85. The molecule has 0 unspecified atom stereocenters. The summed E-state index contributed by atoms with van der Waals surface area (Å²) in [5.74, 6) is 0. The summed E-state index contributed by atoms with van der Waals surface area (Å²) in [5.41, 5.74) is 0.858. The molecule has 2 nitrogen and oxygen atoms in total. The standard InChI is InChI=1S/C16H32N2/c1-4-15(3,5-2)18-13-9-12-17-16(14-18)10-7-6-8-11-16/h17H,4-14H2,1-3H3. The lowest BCUT2D eigenvalue weighted by Crippen LogP contribution is -2.57. The number of rotatable bonds is 3. The van der Waals surface area contributed by atoms with Crippen LogP contribution in [0, 0.1) is 0 Å². The Hall–Kier alpha value is -0.0800. The van der Waals surface area contributed by atoms with Gasteiger partial charge in [-0.3, -0.25) is 4.90 Å². The van der Waals surface area contributed by atoms with Gasteiger partial charge in [0.15, 0.2) is 0 Å². The first kappa shape index (κ1) is 14.3. The van der Waals surface area contributed by atoms with Gasteiger partial charge in [-0.05, 0) is 52.1 Å². The summed E-state index contributed by atoms with van der Waals surface area (Å²) in [5, 5.41) is 3.91. The van der Waals surface area contributed by atoms with E-state index in [2.05, 4.69) is 31.0 Å². The summed E-state index contributed by atoms with van der Waals surface area (Å²) in [4.78, 5) is 2.80. The second-order valence-corrected chi connectivity index (χ2v) is 6.75. The van der Waals surface area contributed by atoms with Gasteiger partial charge < -0.3 is 5.32 Å². The van der Waals surface area contributed by atoms with Crippen molar-refractivity contribution in [2.24, 2.45) is 0 Å². The van der Waals surface area contributed by atoms with Crippen molar-refractivity contribution < 1.29 is 0 Å². The molecule has 1 aliphatic heterocycles. The van der Waals surface area contributed by atoms with Crippen LogP contribution < -0.4 is 5.32 Å². The normalized spacial score (nSPS) is 26.2. The molecule has 0 aromatic heterocycles. The maximum Gasteiger partial charge on any atom is 0.0309 e. The van der Waals surface area contributed by atoms with Crippen LogP contribution in [0.5, 0.6) is 0 Å². The quantitative estimate of drug-likeness (QED) is 0.826. The van der Waals surface area contributed by atoms with Gasteiger partial charge in [-0.1, -0.05) is 33.1 Å². The van der Waals surface area contributed by atoms with Crippen molar-refractivity contribution in [3.05, 3.63) is 0 Å². The van der Waals surface area contributed by atoms with Gasteiger partial charge >= 0.3 is 0 Å². The lowest BCUT2D eigenvalue weighted by molar-refractivity contribution is 0.0602. The minimum Gasteiger partial charge on any atom is -0.310 e. The zero-order valence-corrected chi connectivity index (χ0v) is 12.7. The predicted octanol–water partition coefficient (Wildman–Crippen LogP) is 3.56. The molecule has 1 saturated heterocycles. The van der Waals surface area contributed by atoms with Crippen molar-refractivity contribution >= 4 is 0 Å². The maximum absolute atomic E-state index is 3.91. The Balaban J connectivity index is 2.11. The van der Waals surface area contributed by atoms with E-state index in [1.807, 2.05) is 0 Å². The molecule has 1 aliphatic carbocycles. The van der Waals surface area contributed by atoms with E-state index in [9.17, 15) is 0 Å². The second kappa shape index (κ2) is 5.92. The summed E-state index contributed by atoms with van der Waals surface area (Å²) in [6, 6.07) is 0. The lowest BCUT2D eigenvalue weighted by Gasteiger charge is -2.46. The Morgan fingerprint density at radius 1 is 1.06 bits per heavy atom. The van der Waals surface area contributed by atoms with Crippen LogP contribution in [0.25, 0.3) is 0 Å². The van der Waals surface area contributed by atoms with Gasteiger partial charge in [-0.15, -0.1) is 0 Å². The molecule has 18 heavy (non-hydrogen) atoms. The van der Waals surface area contributed by atoms with Crippen molar-refractivity contribution in [2.75, 3.05) is 19.6 Å². The molecular formula is C16H32N2. The number of nitrogens with one attached hydrogen (secondary N) is 1. The highest BCUT2D eigenvalue weighted by Gasteiger charge is 2.39. The van der Waals surface area contributed by atoms with Crippen molar-refractivity contribution in [2.45, 2.75) is 83.2 Å². The molecule has 2 heteroatoms. The molecule has 0 aromatic carbocycles. The van der Waals surface area contributed by atoms with Crippen molar-refractivity contribution in [1.29, 1.82) is 0 Å². The molecule has 1 N–H and O–H groups in total. The summed E-state index contributed by atoms with van der Waals surface area (Å²) < 4.78 is 0. The van der Waals surface area contributed by atoms with E-state index in [1.54, 1.807) is 0 Å². The third-order valence-corrected chi connectivity index (χ3v) is 5.70. The number of hydrogen-bond acceptors (Lipinski definition) is 2. The Morgan fingerprint density at radius 3 is 2.33 bits per heavy atom. The van der Waals surface area contributed by atoms with Gasteiger partial charge in [0.25, 0.3) is 0 Å². The summed E-state index contributed by atoms with van der Waals surface area (Å²) in [6.07, 6.45) is 11.0. The highest BCUT2D eigenvalue weighted by Crippen LogP contribution is 2.34. The average molecular weight is 252 g/mol. The highest BCUT2D eigenvalue weighted by atomic mass is 15.2. The fraction of sp³-hybridized carbons (Fsp3) is 1.00. The topological polar surface area (TPSA) is 15.3 Å². The molecule has 0 atom stereocenters. The minimum absolute atomic E-state index is 0.413. The van der Waals surface area contributed by atoms with Crippen molar-refractivity contribution in [3.63, 3.8) is 0 Å². The number of nitrogens with zero attached hydrogens (tertiary/aromatic N) is 1. The van der Waals surface area contributed by atoms with E-state index >= 15 is 0 Å². The second-order valence-electron chi connectivity index (χ2n) is 6.75. The Labute approximate surface area is 114 Å². The van der Waals surface area contributed by atoms with Crippen LogP contribution in [0.4, 0.5) is 0 Å². The zero-order valence-electron chi connectivity index (χ0n) is 12.7. The first-order valence-electron chi connectivity index (χ1n) is 8.14. The summed E-state index contributed by atoms with van der Waals surface area (Å²) in [6.45, 7) is 11.0. The van der Waals surface area contributed by atoms with Crippen LogP contribution in [0.1, 0.15) is 72.1 Å². The molecule has 2 aliphatic rings. The zero-order chi connectivity index (χ0) is 13.1. The van der Waals surface area contributed by atoms with Crippen LogP contribution in [0.2, 0.25) is 0 Å². The average Bonchev–Trinajstić information content (AvgIpc) is 2.62. The highest BCUT2D eigenvalue weighted by molar-refractivity contribution is 4.98. The molecule has 2 fully saturated rings. The minimum atomic E-state index is 0.413. The van der Waals surface area contributed by atoms with Gasteiger partial charge in [0.1, 0.15) is 0 Å². The third-order valence-electron chi connectivity index (χ3n) is 5.70. The third kappa shape index (κ3) is 2.91. The van der Waals surface area contributed by atoms with Gasteiger partial charge in [0, 0.05) is 17.6 Å². The van der Waals surface area contributed by atoms with Crippen molar-refractivity contribution in [3.8, 4) is 0 Å². The Bertz CT molecular complexity index is 252. The first-order valence-corrected chi connectivity index (χ1v) is 8.14. The van der Waals surface area contributed by atoms with Gasteiger partial charge in [-0.2, -0.15) is 0 Å². The molecule has 0 radical (unpaired) electrons. The Kier molecular flexibility index (Phi) is 4.71. The molecule has 0 aromatic rings. The Morgan fingerprint density at radius 2 is 1.72 bits per heavy atom. The van der Waals surface area contributed by atoms with Gasteiger partial charge in [-0.25, -0.2) is 0 Å². The van der Waals surface area contributed by atoms with Gasteiger partial charge in [0.2, 0.25) is 0 Å². The van der Waals surface area contributed by atoms with E-state index < -0.39 is 0 Å². The van der Waals surface area contributed by atoms with E-state index in [4.69, 9.17) is 0 Å². The molecule has 1 saturated carbocycles. The predicted molar refractivity (Wildman–Crippen MR) is 79.0 cm³/mol. The van der Waals surface area contributed by atoms with E-state index in [0.29, 0.717) is 11.1 Å². The van der Waals surface area contributed by atoms with Gasteiger partial charge in [0.05, 0.1) is 0 Å². The van der Waals surface area contributed by atoms with Crippen LogP contribution >= 0.6 is 0 Å². The largest absolute Gasteiger partial charge is 0.310 e. The lowest BCUT2D eigenvalue weighted by atomic mass is 9.80. The summed E-state index contributed by atoms with van der Waals surface area (Å²) >= 11 is 0. The van der Waals surface area contributed by atoms with E-state index in [1.165, 1.54) is 71.0 Å². The van der Waals surface area contributed by atoms with Crippen LogP contribution in [0.3, 0.4) is 0 Å². The molecule has 2 rings (SSSR count). The molecule has 106 valence electrons. The van der Waals surface area contributed by atoms with Crippen LogP contribution in [-0.4, -0.2) is 35.6 Å². The summed E-state index contributed by atoms with van der Waals surface area (Å²) in [7, 11) is 0. The van der Waals surface area contributed by atoms with Crippen LogP contribution in [-0.2, 0) is 0 Å². The molecule has 0 bridgehead atoms. The van der Waals surface area contributed by atoms with E-state index in [-0.39, 0.29) is 0 Å². The molecular weight excluding hydrogens is 220 g/mol. The first-order chi connectivity index (χ1) is 8.64. The SMILES string of the molecule is CCC(C)(CC)N1CCCNC2(CCCCC2)C1. The number of hydrogen-bond donors (Lipinski definition) is 1. The fourth-order valence-corrected chi connectivity index (χ4v) is 3.85. The smallest absolute Gasteiger partial charge is 0.0309 e. The van der Waals surface area contributed by atoms with Crippen LogP contribution in [0.15, 0.2) is 0 Å². The molecule has 1 heterocycles. The monoisotopic (exact) mass is 252 g/mol. The van der Waals surface area contributed by atoms with Crippen molar-refractivity contribution in [1.82, 2.24) is 10.2 Å². The molecule has 1 spiro atoms. The maximum atomic E-state index is 3.91. The molecule has 0 amide bonds. The van der Waals surface area contributed by atoms with E-state index in [0.717, 1.165) is 0 Å².